The van der Waals surface area contributed by atoms with E-state index in [1.165, 1.54) is 0 Å². The predicted octanol–water partition coefficient (Wildman–Crippen LogP) is 4.29. The Kier molecular flexibility index (Phi) is 8.80. The first-order valence-electron chi connectivity index (χ1n) is 9.69. The van der Waals surface area contributed by atoms with E-state index >= 15 is 0 Å². The van der Waals surface area contributed by atoms with E-state index in [1.807, 2.05) is 62.3 Å². The van der Waals surface area contributed by atoms with Gasteiger partial charge >= 0.3 is 12.1 Å². The minimum absolute atomic E-state index is 0.189. The molecule has 0 aliphatic carbocycles. The van der Waals surface area contributed by atoms with Gasteiger partial charge in [0.1, 0.15) is 17.5 Å². The minimum atomic E-state index is -5.08. The molecule has 0 spiro atoms. The standard InChI is InChI=1S/C20H22FN5.C2HF3O2/c1-14-24-19(18-6-4-5-9-22-18)11-20(25-14)23-12-15-7-8-16(13-26(2)3)17(21)10-15;3-2(4,5)1(6)7/h4-11H,12-13H2,1-3H3,(H,23,24,25);(H,6,7). The van der Waals surface area contributed by atoms with Crippen molar-refractivity contribution in [2.45, 2.75) is 26.2 Å². The summed E-state index contributed by atoms with van der Waals surface area (Å²) >= 11 is 0. The Balaban J connectivity index is 0.000000479. The van der Waals surface area contributed by atoms with Crippen LogP contribution in [0.5, 0.6) is 0 Å². The maximum absolute atomic E-state index is 14.2. The van der Waals surface area contributed by atoms with Gasteiger partial charge < -0.3 is 15.3 Å². The number of nitrogens with one attached hydrogen (secondary N) is 1. The Morgan fingerprint density at radius 1 is 1.09 bits per heavy atom. The summed E-state index contributed by atoms with van der Waals surface area (Å²) in [6, 6.07) is 12.9. The van der Waals surface area contributed by atoms with Crippen molar-refractivity contribution in [3.8, 4) is 11.4 Å². The van der Waals surface area contributed by atoms with Gasteiger partial charge in [-0.3, -0.25) is 4.98 Å². The fraction of sp³-hybridized carbons (Fsp3) is 0.273. The summed E-state index contributed by atoms with van der Waals surface area (Å²) in [5, 5.41) is 10.4. The average molecular weight is 465 g/mol. The molecule has 1 aromatic carbocycles. The molecule has 0 aliphatic heterocycles. The lowest BCUT2D eigenvalue weighted by molar-refractivity contribution is -0.192. The van der Waals surface area contributed by atoms with Crippen LogP contribution in [0.15, 0.2) is 48.7 Å². The number of pyridine rings is 1. The summed E-state index contributed by atoms with van der Waals surface area (Å²) in [7, 11) is 3.84. The molecule has 7 nitrogen and oxygen atoms in total. The highest BCUT2D eigenvalue weighted by Crippen LogP contribution is 2.19. The summed E-state index contributed by atoms with van der Waals surface area (Å²) < 4.78 is 45.9. The molecular formula is C22H23F4N5O2. The first-order valence-corrected chi connectivity index (χ1v) is 9.69. The fourth-order valence-electron chi connectivity index (χ4n) is 2.67. The zero-order chi connectivity index (χ0) is 24.6. The van der Waals surface area contributed by atoms with Crippen LogP contribution in [0.2, 0.25) is 0 Å². The summed E-state index contributed by atoms with van der Waals surface area (Å²) in [6.07, 6.45) is -3.35. The number of nitrogens with zero attached hydrogens (tertiary/aromatic N) is 4. The molecule has 0 radical (unpaired) electrons. The van der Waals surface area contributed by atoms with Gasteiger partial charge in [0.05, 0.1) is 11.4 Å². The van der Waals surface area contributed by atoms with Gasteiger partial charge in [-0.2, -0.15) is 13.2 Å². The number of aryl methyl sites for hydroxylation is 1. The molecule has 2 N–H and O–H groups in total. The maximum Gasteiger partial charge on any atom is 0.490 e. The third kappa shape index (κ3) is 8.45. The van der Waals surface area contributed by atoms with Crippen molar-refractivity contribution >= 4 is 11.8 Å². The number of anilines is 1. The van der Waals surface area contributed by atoms with Gasteiger partial charge in [-0.15, -0.1) is 0 Å². The van der Waals surface area contributed by atoms with Gasteiger partial charge in [0.2, 0.25) is 0 Å². The van der Waals surface area contributed by atoms with Gasteiger partial charge in [0.15, 0.2) is 0 Å². The quantitative estimate of drug-likeness (QED) is 0.525. The molecule has 0 saturated heterocycles. The lowest BCUT2D eigenvalue weighted by atomic mass is 10.1. The largest absolute Gasteiger partial charge is 0.490 e. The number of halogens is 4. The molecule has 2 aromatic heterocycles. The molecule has 0 saturated carbocycles. The SMILES string of the molecule is Cc1nc(NCc2ccc(CN(C)C)c(F)c2)cc(-c2ccccn2)n1.O=C(O)C(F)(F)F. The molecule has 3 aromatic rings. The molecule has 33 heavy (non-hydrogen) atoms. The normalized spacial score (nSPS) is 11.0. The molecule has 3 rings (SSSR count). The zero-order valence-corrected chi connectivity index (χ0v) is 18.2. The molecule has 11 heteroatoms. The lowest BCUT2D eigenvalue weighted by Crippen LogP contribution is -2.21. The van der Waals surface area contributed by atoms with Crippen LogP contribution in [0, 0.1) is 12.7 Å². The molecule has 2 heterocycles. The Labute approximate surface area is 188 Å². The third-order valence-corrected chi connectivity index (χ3v) is 4.09. The van der Waals surface area contributed by atoms with Crippen molar-refractivity contribution in [2.24, 2.45) is 0 Å². The predicted molar refractivity (Wildman–Crippen MR) is 115 cm³/mol. The Morgan fingerprint density at radius 3 is 2.33 bits per heavy atom. The first-order chi connectivity index (χ1) is 15.5. The molecule has 0 fully saturated rings. The van der Waals surface area contributed by atoms with Crippen molar-refractivity contribution < 1.29 is 27.5 Å². The Bertz CT molecular complexity index is 1080. The van der Waals surface area contributed by atoms with E-state index in [2.05, 4.69) is 20.3 Å². The van der Waals surface area contributed by atoms with Gasteiger partial charge in [-0.05, 0) is 44.8 Å². The van der Waals surface area contributed by atoms with Crippen molar-refractivity contribution in [1.82, 2.24) is 19.9 Å². The highest BCUT2D eigenvalue weighted by Gasteiger charge is 2.38. The van der Waals surface area contributed by atoms with Crippen LogP contribution in [0.3, 0.4) is 0 Å². The van der Waals surface area contributed by atoms with E-state index in [1.54, 1.807) is 12.3 Å². The highest BCUT2D eigenvalue weighted by molar-refractivity contribution is 5.73. The van der Waals surface area contributed by atoms with Crippen LogP contribution in [0.4, 0.5) is 23.4 Å². The lowest BCUT2D eigenvalue weighted by Gasteiger charge is -2.12. The van der Waals surface area contributed by atoms with Crippen LogP contribution in [0.25, 0.3) is 11.4 Å². The number of carboxylic acid groups (broad SMARTS) is 1. The van der Waals surface area contributed by atoms with Crippen LogP contribution in [-0.4, -0.2) is 51.2 Å². The Morgan fingerprint density at radius 2 is 1.79 bits per heavy atom. The van der Waals surface area contributed by atoms with Crippen molar-refractivity contribution in [2.75, 3.05) is 19.4 Å². The second-order valence-corrected chi connectivity index (χ2v) is 7.22. The number of carboxylic acids is 1. The third-order valence-electron chi connectivity index (χ3n) is 4.09. The number of rotatable bonds is 6. The first kappa shape index (κ1) is 25.7. The number of hydrogen-bond acceptors (Lipinski definition) is 6. The smallest absolute Gasteiger partial charge is 0.475 e. The number of alkyl halides is 3. The second kappa shape index (κ2) is 11.3. The summed E-state index contributed by atoms with van der Waals surface area (Å²) in [4.78, 5) is 24.0. The monoisotopic (exact) mass is 465 g/mol. The highest BCUT2D eigenvalue weighted by atomic mass is 19.4. The Hall–Kier alpha value is -3.60. The molecular weight excluding hydrogens is 442 g/mol. The molecule has 176 valence electrons. The number of carbonyl (C=O) groups is 1. The van der Waals surface area contributed by atoms with E-state index in [9.17, 15) is 17.6 Å². The number of hydrogen-bond donors (Lipinski definition) is 2. The fourth-order valence-corrected chi connectivity index (χ4v) is 2.67. The van der Waals surface area contributed by atoms with Crippen LogP contribution in [-0.2, 0) is 17.9 Å². The van der Waals surface area contributed by atoms with Crippen LogP contribution >= 0.6 is 0 Å². The van der Waals surface area contributed by atoms with Crippen LogP contribution in [0.1, 0.15) is 17.0 Å². The van der Waals surface area contributed by atoms with E-state index in [-0.39, 0.29) is 5.82 Å². The summed E-state index contributed by atoms with van der Waals surface area (Å²) in [5.74, 6) is -1.60. The van der Waals surface area contributed by atoms with E-state index < -0.39 is 12.1 Å². The van der Waals surface area contributed by atoms with Gasteiger partial charge in [-0.25, -0.2) is 19.2 Å². The zero-order valence-electron chi connectivity index (χ0n) is 18.2. The van der Waals surface area contributed by atoms with Gasteiger partial charge in [0.25, 0.3) is 0 Å². The molecule has 0 aliphatic rings. The number of aliphatic carboxylic acids is 1. The summed E-state index contributed by atoms with van der Waals surface area (Å²) in [6.45, 7) is 2.91. The summed E-state index contributed by atoms with van der Waals surface area (Å²) in [5.41, 5.74) is 3.10. The van der Waals surface area contributed by atoms with Crippen molar-refractivity contribution in [3.63, 3.8) is 0 Å². The molecule has 0 unspecified atom stereocenters. The average Bonchev–Trinajstić information content (AvgIpc) is 2.74. The molecule has 0 amide bonds. The van der Waals surface area contributed by atoms with Crippen molar-refractivity contribution in [1.29, 1.82) is 0 Å². The van der Waals surface area contributed by atoms with E-state index in [0.29, 0.717) is 30.3 Å². The van der Waals surface area contributed by atoms with E-state index in [0.717, 1.165) is 17.0 Å². The van der Waals surface area contributed by atoms with Crippen LogP contribution < -0.4 is 5.32 Å². The van der Waals surface area contributed by atoms with Crippen molar-refractivity contribution in [3.05, 3.63) is 71.4 Å². The minimum Gasteiger partial charge on any atom is -0.475 e. The maximum atomic E-state index is 14.2. The van der Waals surface area contributed by atoms with Gasteiger partial charge in [0, 0.05) is 30.9 Å². The number of benzene rings is 1. The molecule has 0 bridgehead atoms. The topological polar surface area (TPSA) is 91.2 Å². The van der Waals surface area contributed by atoms with E-state index in [4.69, 9.17) is 9.90 Å². The number of aromatic nitrogens is 3. The van der Waals surface area contributed by atoms with Gasteiger partial charge in [-0.1, -0.05) is 18.2 Å². The second-order valence-electron chi connectivity index (χ2n) is 7.22. The molecule has 0 atom stereocenters.